The van der Waals surface area contributed by atoms with E-state index in [1.54, 1.807) is 0 Å². The van der Waals surface area contributed by atoms with Crippen LogP contribution in [0.15, 0.2) is 48.5 Å². The van der Waals surface area contributed by atoms with Crippen molar-refractivity contribution in [3.05, 3.63) is 48.5 Å². The standard InChI is InChI=1S/C12H8NTe/c1-3-7-11-9(5-1)13-10-6-2-4-8-12(10)14-11/h1-8H. The summed E-state index contributed by atoms with van der Waals surface area (Å²) >= 11 is -0.205. The van der Waals surface area contributed by atoms with Gasteiger partial charge in [-0.3, -0.25) is 0 Å². The molecule has 1 aliphatic rings. The van der Waals surface area contributed by atoms with E-state index in [0.29, 0.717) is 0 Å². The summed E-state index contributed by atoms with van der Waals surface area (Å²) in [5, 5.41) is 4.64. The molecule has 67 valence electrons. The van der Waals surface area contributed by atoms with Crippen LogP contribution in [0.1, 0.15) is 0 Å². The van der Waals surface area contributed by atoms with Crippen LogP contribution in [0.4, 0.5) is 11.4 Å². The van der Waals surface area contributed by atoms with E-state index in [4.69, 9.17) is 0 Å². The van der Waals surface area contributed by atoms with Crippen molar-refractivity contribution in [2.24, 2.45) is 0 Å². The zero-order valence-electron chi connectivity index (χ0n) is 7.47. The molecule has 0 aromatic heterocycles. The molecule has 0 saturated heterocycles. The molecule has 2 aromatic rings. The number of benzene rings is 2. The van der Waals surface area contributed by atoms with Gasteiger partial charge in [0.2, 0.25) is 0 Å². The van der Waals surface area contributed by atoms with Gasteiger partial charge in [0.15, 0.2) is 0 Å². The quantitative estimate of drug-likeness (QED) is 0.554. The molecule has 1 heterocycles. The molecule has 2 aromatic carbocycles. The molecule has 3 rings (SSSR count). The van der Waals surface area contributed by atoms with Crippen LogP contribution in [0.3, 0.4) is 0 Å². The fourth-order valence-corrected chi connectivity index (χ4v) is 4.28. The monoisotopic (exact) mass is 296 g/mol. The van der Waals surface area contributed by atoms with Crippen molar-refractivity contribution >= 4 is 39.5 Å². The molecule has 2 heteroatoms. The van der Waals surface area contributed by atoms with Gasteiger partial charge in [-0.1, -0.05) is 0 Å². The summed E-state index contributed by atoms with van der Waals surface area (Å²) in [6.45, 7) is 0. The zero-order valence-corrected chi connectivity index (χ0v) is 9.80. The van der Waals surface area contributed by atoms with Gasteiger partial charge in [-0.25, -0.2) is 0 Å². The van der Waals surface area contributed by atoms with E-state index in [9.17, 15) is 0 Å². The summed E-state index contributed by atoms with van der Waals surface area (Å²) < 4.78 is 2.91. The second-order valence-corrected chi connectivity index (χ2v) is 6.24. The van der Waals surface area contributed by atoms with Crippen LogP contribution in [0, 0.1) is 0 Å². The van der Waals surface area contributed by atoms with Crippen molar-refractivity contribution in [1.82, 2.24) is 5.32 Å². The normalized spacial score (nSPS) is 12.6. The molecular formula is C12H8NTe. The van der Waals surface area contributed by atoms with Crippen LogP contribution in [0.25, 0.3) is 0 Å². The predicted octanol–water partition coefficient (Wildman–Crippen LogP) is 1.22. The molecule has 0 unspecified atom stereocenters. The van der Waals surface area contributed by atoms with E-state index in [1.165, 1.54) is 18.6 Å². The topological polar surface area (TPSA) is 14.1 Å². The van der Waals surface area contributed by atoms with E-state index in [0.717, 1.165) is 0 Å². The Balaban J connectivity index is 2.12. The van der Waals surface area contributed by atoms with E-state index >= 15 is 0 Å². The van der Waals surface area contributed by atoms with E-state index in [-0.39, 0.29) is 20.9 Å². The van der Waals surface area contributed by atoms with Crippen LogP contribution < -0.4 is 12.5 Å². The van der Waals surface area contributed by atoms with E-state index in [2.05, 4.69) is 53.8 Å². The van der Waals surface area contributed by atoms with Crippen molar-refractivity contribution in [3.8, 4) is 0 Å². The van der Waals surface area contributed by atoms with Gasteiger partial charge in [-0.15, -0.1) is 0 Å². The SMILES string of the molecule is c1ccc2c(c1)[N]c1ccccc1[Te]2. The number of hydrogen-bond acceptors (Lipinski definition) is 0. The zero-order chi connectivity index (χ0) is 9.38. The minimum atomic E-state index is -0.205. The molecule has 1 radical (unpaired) electrons. The fraction of sp³-hybridized carbons (Fsp3) is 0. The van der Waals surface area contributed by atoms with Gasteiger partial charge in [0.1, 0.15) is 0 Å². The summed E-state index contributed by atoms with van der Waals surface area (Å²) in [4.78, 5) is 0. The predicted molar refractivity (Wildman–Crippen MR) is 59.4 cm³/mol. The Bertz CT molecular complexity index is 392. The van der Waals surface area contributed by atoms with E-state index < -0.39 is 0 Å². The second-order valence-electron chi connectivity index (χ2n) is 3.15. The Labute approximate surface area is 93.2 Å². The molecule has 0 spiro atoms. The molecule has 1 aliphatic heterocycles. The minimum absolute atomic E-state index is 0.205. The van der Waals surface area contributed by atoms with Crippen molar-refractivity contribution < 1.29 is 0 Å². The third-order valence-corrected chi connectivity index (χ3v) is 5.42. The molecule has 14 heavy (non-hydrogen) atoms. The first-order valence-corrected chi connectivity index (χ1v) is 6.84. The summed E-state index contributed by atoms with van der Waals surface area (Å²) in [6, 6.07) is 17.0. The van der Waals surface area contributed by atoms with Crippen LogP contribution in [-0.2, 0) is 0 Å². The van der Waals surface area contributed by atoms with Gasteiger partial charge < -0.3 is 0 Å². The summed E-state index contributed by atoms with van der Waals surface area (Å²) in [6.07, 6.45) is 0. The molecule has 0 fully saturated rings. The van der Waals surface area contributed by atoms with Crippen LogP contribution in [-0.4, -0.2) is 20.9 Å². The first-order valence-electron chi connectivity index (χ1n) is 4.51. The Kier molecular flexibility index (Phi) is 1.97. The number of para-hydroxylation sites is 2. The average Bonchev–Trinajstić information content (AvgIpc) is 2.26. The molecule has 0 amide bonds. The summed E-state index contributed by atoms with van der Waals surface area (Å²) in [5.41, 5.74) is 2.35. The van der Waals surface area contributed by atoms with Gasteiger partial charge in [-0.2, -0.15) is 0 Å². The van der Waals surface area contributed by atoms with Gasteiger partial charge in [0.05, 0.1) is 0 Å². The number of nitrogens with zero attached hydrogens (tertiary/aromatic N) is 1. The second kappa shape index (κ2) is 3.31. The Morgan fingerprint density at radius 2 is 1.21 bits per heavy atom. The number of hydrogen-bond donors (Lipinski definition) is 0. The average molecular weight is 294 g/mol. The summed E-state index contributed by atoms with van der Waals surface area (Å²) in [7, 11) is 0. The first-order chi connectivity index (χ1) is 6.93. The molecule has 0 saturated carbocycles. The van der Waals surface area contributed by atoms with Crippen LogP contribution in [0.2, 0.25) is 0 Å². The number of rotatable bonds is 0. The van der Waals surface area contributed by atoms with Gasteiger partial charge >= 0.3 is 93.4 Å². The maximum atomic E-state index is 4.64. The molecule has 0 atom stereocenters. The van der Waals surface area contributed by atoms with Crippen LogP contribution in [0.5, 0.6) is 0 Å². The Morgan fingerprint density at radius 1 is 0.714 bits per heavy atom. The summed E-state index contributed by atoms with van der Waals surface area (Å²) in [5.74, 6) is 0. The van der Waals surface area contributed by atoms with E-state index in [1.807, 2.05) is 0 Å². The molecule has 1 nitrogen and oxygen atoms in total. The van der Waals surface area contributed by atoms with Crippen LogP contribution >= 0.6 is 0 Å². The van der Waals surface area contributed by atoms with Crippen molar-refractivity contribution in [2.75, 3.05) is 0 Å². The maximum absolute atomic E-state index is 4.64. The molecule has 0 aliphatic carbocycles. The van der Waals surface area contributed by atoms with Gasteiger partial charge in [0, 0.05) is 0 Å². The Hall–Kier alpha value is -0.970. The fourth-order valence-electron chi connectivity index (χ4n) is 1.52. The van der Waals surface area contributed by atoms with Crippen molar-refractivity contribution in [3.63, 3.8) is 0 Å². The molecule has 0 N–H and O–H groups in total. The Morgan fingerprint density at radius 3 is 1.79 bits per heavy atom. The molecular weight excluding hydrogens is 286 g/mol. The third kappa shape index (κ3) is 1.32. The first kappa shape index (κ1) is 8.35. The van der Waals surface area contributed by atoms with Gasteiger partial charge in [0.25, 0.3) is 0 Å². The number of fused-ring (bicyclic) bond motifs is 2. The third-order valence-electron chi connectivity index (χ3n) is 2.19. The molecule has 0 bridgehead atoms. The van der Waals surface area contributed by atoms with Crippen molar-refractivity contribution in [1.29, 1.82) is 0 Å². The van der Waals surface area contributed by atoms with Crippen molar-refractivity contribution in [2.45, 2.75) is 0 Å². The van der Waals surface area contributed by atoms with Gasteiger partial charge in [-0.05, 0) is 0 Å².